The first-order chi connectivity index (χ1) is 14.1. The number of halogens is 1. The summed E-state index contributed by atoms with van der Waals surface area (Å²) >= 11 is 0. The second kappa shape index (κ2) is 7.98. The molecule has 1 aromatic carbocycles. The number of aromatic amines is 1. The molecule has 0 unspecified atom stereocenters. The monoisotopic (exact) mass is 388 g/mol. The molecule has 0 saturated heterocycles. The van der Waals surface area contributed by atoms with E-state index >= 15 is 0 Å². The van der Waals surface area contributed by atoms with Crippen molar-refractivity contribution >= 4 is 16.6 Å². The van der Waals surface area contributed by atoms with E-state index in [2.05, 4.69) is 14.9 Å². The van der Waals surface area contributed by atoms with Gasteiger partial charge in [-0.1, -0.05) is 19.1 Å². The molecule has 0 aliphatic carbocycles. The van der Waals surface area contributed by atoms with E-state index in [1.165, 1.54) is 6.07 Å². The highest BCUT2D eigenvalue weighted by Gasteiger charge is 2.16. The standard InChI is InChI=1S/C23H21FN4O/c1-2-17-11-21-22(27-23(17)29)10-16(13-26-21)14-28-7-5-18(6-8-28)19-4-3-15(12-25)9-20(19)24/h3-5,9-11,13H,2,6-8,14H2,1H3,(H,27,29). The van der Waals surface area contributed by atoms with Crippen molar-refractivity contribution in [2.45, 2.75) is 26.3 Å². The lowest BCUT2D eigenvalue weighted by molar-refractivity contribution is 0.293. The third-order valence-electron chi connectivity index (χ3n) is 5.35. The van der Waals surface area contributed by atoms with Crippen molar-refractivity contribution in [3.8, 4) is 6.07 Å². The van der Waals surface area contributed by atoms with Crippen LogP contribution in [0.2, 0.25) is 0 Å². The number of rotatable bonds is 4. The fourth-order valence-electron chi connectivity index (χ4n) is 3.72. The zero-order valence-electron chi connectivity index (χ0n) is 16.2. The van der Waals surface area contributed by atoms with Crippen LogP contribution in [0.1, 0.15) is 35.6 Å². The largest absolute Gasteiger partial charge is 0.320 e. The van der Waals surface area contributed by atoms with Crippen molar-refractivity contribution in [3.05, 3.63) is 81.0 Å². The van der Waals surface area contributed by atoms with Gasteiger partial charge in [-0.15, -0.1) is 0 Å². The van der Waals surface area contributed by atoms with E-state index in [0.717, 1.165) is 40.7 Å². The number of H-pyrrole nitrogens is 1. The van der Waals surface area contributed by atoms with Gasteiger partial charge >= 0.3 is 0 Å². The summed E-state index contributed by atoms with van der Waals surface area (Å²) in [6.45, 7) is 4.17. The molecule has 1 aliphatic rings. The highest BCUT2D eigenvalue weighted by Crippen LogP contribution is 2.26. The highest BCUT2D eigenvalue weighted by atomic mass is 19.1. The second-order valence-corrected chi connectivity index (χ2v) is 7.27. The van der Waals surface area contributed by atoms with Crippen LogP contribution in [0.15, 0.2) is 47.4 Å². The van der Waals surface area contributed by atoms with Crippen LogP contribution in [0.25, 0.3) is 16.6 Å². The Hall–Kier alpha value is -3.30. The van der Waals surface area contributed by atoms with Gasteiger partial charge in [-0.2, -0.15) is 5.26 Å². The van der Waals surface area contributed by atoms with Gasteiger partial charge in [0.25, 0.3) is 5.56 Å². The van der Waals surface area contributed by atoms with Crippen LogP contribution in [0, 0.1) is 17.1 Å². The maximum atomic E-state index is 14.3. The lowest BCUT2D eigenvalue weighted by Crippen LogP contribution is -2.28. The summed E-state index contributed by atoms with van der Waals surface area (Å²) in [6, 6.07) is 10.4. The first-order valence-electron chi connectivity index (χ1n) is 9.69. The van der Waals surface area contributed by atoms with Gasteiger partial charge in [-0.3, -0.25) is 14.7 Å². The molecule has 3 heterocycles. The fourth-order valence-corrected chi connectivity index (χ4v) is 3.72. The average molecular weight is 388 g/mol. The minimum Gasteiger partial charge on any atom is -0.320 e. The van der Waals surface area contributed by atoms with Gasteiger partial charge in [-0.05, 0) is 48.2 Å². The molecule has 0 amide bonds. The SMILES string of the molecule is CCc1cc2ncc(CN3CC=C(c4ccc(C#N)cc4F)CC3)cc2[nH]c1=O. The Labute approximate surface area is 168 Å². The molecule has 2 aromatic heterocycles. The lowest BCUT2D eigenvalue weighted by atomic mass is 9.97. The third kappa shape index (κ3) is 3.96. The first kappa shape index (κ1) is 19.0. The van der Waals surface area contributed by atoms with Crippen LogP contribution in [0.5, 0.6) is 0 Å². The molecule has 5 nitrogen and oxygen atoms in total. The lowest BCUT2D eigenvalue weighted by Gasteiger charge is -2.26. The van der Waals surface area contributed by atoms with E-state index in [4.69, 9.17) is 5.26 Å². The number of nitriles is 1. The average Bonchev–Trinajstić information content (AvgIpc) is 2.74. The van der Waals surface area contributed by atoms with Gasteiger partial charge in [0.1, 0.15) is 5.82 Å². The van der Waals surface area contributed by atoms with Crippen molar-refractivity contribution in [1.82, 2.24) is 14.9 Å². The summed E-state index contributed by atoms with van der Waals surface area (Å²) in [7, 11) is 0. The predicted octanol–water partition coefficient (Wildman–Crippen LogP) is 3.79. The number of nitrogens with zero attached hydrogens (tertiary/aromatic N) is 3. The first-order valence-corrected chi connectivity index (χ1v) is 9.69. The molecule has 0 atom stereocenters. The Morgan fingerprint density at radius 2 is 2.17 bits per heavy atom. The van der Waals surface area contributed by atoms with E-state index in [1.807, 2.05) is 37.4 Å². The van der Waals surface area contributed by atoms with Gasteiger partial charge in [0.15, 0.2) is 0 Å². The summed E-state index contributed by atoms with van der Waals surface area (Å²) < 4.78 is 14.3. The molecule has 0 fully saturated rings. The van der Waals surface area contributed by atoms with Crippen LogP contribution in [0.3, 0.4) is 0 Å². The molecule has 1 aliphatic heterocycles. The normalized spacial score (nSPS) is 14.6. The molecule has 0 saturated carbocycles. The van der Waals surface area contributed by atoms with E-state index in [9.17, 15) is 9.18 Å². The second-order valence-electron chi connectivity index (χ2n) is 7.27. The molecule has 4 rings (SSSR count). The minimum absolute atomic E-state index is 0.0612. The van der Waals surface area contributed by atoms with Crippen LogP contribution in [0.4, 0.5) is 4.39 Å². The molecule has 29 heavy (non-hydrogen) atoms. The molecule has 0 radical (unpaired) electrons. The van der Waals surface area contributed by atoms with Crippen LogP contribution < -0.4 is 5.56 Å². The third-order valence-corrected chi connectivity index (χ3v) is 5.35. The zero-order chi connectivity index (χ0) is 20.4. The smallest absolute Gasteiger partial charge is 0.251 e. The van der Waals surface area contributed by atoms with Crippen LogP contribution in [-0.2, 0) is 13.0 Å². The summed E-state index contributed by atoms with van der Waals surface area (Å²) in [4.78, 5) is 21.7. The zero-order valence-corrected chi connectivity index (χ0v) is 16.2. The van der Waals surface area contributed by atoms with Gasteiger partial charge in [0.2, 0.25) is 0 Å². The topological polar surface area (TPSA) is 72.8 Å². The van der Waals surface area contributed by atoms with E-state index in [1.54, 1.807) is 12.1 Å². The van der Waals surface area contributed by atoms with Gasteiger partial charge < -0.3 is 4.98 Å². The summed E-state index contributed by atoms with van der Waals surface area (Å²) in [5.74, 6) is -0.349. The van der Waals surface area contributed by atoms with Gasteiger partial charge in [0, 0.05) is 37.0 Å². The maximum Gasteiger partial charge on any atom is 0.251 e. The Morgan fingerprint density at radius 1 is 1.31 bits per heavy atom. The minimum atomic E-state index is -0.349. The molecule has 3 aromatic rings. The summed E-state index contributed by atoms with van der Waals surface area (Å²) in [5, 5.41) is 8.88. The quantitative estimate of drug-likeness (QED) is 0.738. The number of nitrogens with one attached hydrogen (secondary N) is 1. The highest BCUT2D eigenvalue weighted by molar-refractivity contribution is 5.75. The number of aryl methyl sites for hydroxylation is 1. The van der Waals surface area contributed by atoms with Crippen molar-refractivity contribution in [2.24, 2.45) is 0 Å². The van der Waals surface area contributed by atoms with E-state index in [-0.39, 0.29) is 11.4 Å². The number of fused-ring (bicyclic) bond motifs is 1. The molecule has 0 bridgehead atoms. The molecule has 6 heteroatoms. The molecular formula is C23H21FN4O. The molecular weight excluding hydrogens is 367 g/mol. The molecule has 0 spiro atoms. The van der Waals surface area contributed by atoms with E-state index < -0.39 is 0 Å². The number of pyridine rings is 2. The van der Waals surface area contributed by atoms with Gasteiger partial charge in [-0.25, -0.2) is 4.39 Å². The Balaban J connectivity index is 1.49. The molecule has 146 valence electrons. The number of aromatic nitrogens is 2. The Kier molecular flexibility index (Phi) is 5.24. The van der Waals surface area contributed by atoms with Crippen molar-refractivity contribution in [1.29, 1.82) is 5.26 Å². The summed E-state index contributed by atoms with van der Waals surface area (Å²) in [6.07, 6.45) is 5.30. The maximum absolute atomic E-state index is 14.3. The number of hydrogen-bond donors (Lipinski definition) is 1. The predicted molar refractivity (Wildman–Crippen MR) is 111 cm³/mol. The van der Waals surface area contributed by atoms with Gasteiger partial charge in [0.05, 0.1) is 22.7 Å². The van der Waals surface area contributed by atoms with E-state index in [0.29, 0.717) is 30.6 Å². The number of hydrogen-bond acceptors (Lipinski definition) is 4. The van der Waals surface area contributed by atoms with Crippen molar-refractivity contribution < 1.29 is 4.39 Å². The van der Waals surface area contributed by atoms with Crippen LogP contribution >= 0.6 is 0 Å². The Morgan fingerprint density at radius 3 is 2.86 bits per heavy atom. The summed E-state index contributed by atoms with van der Waals surface area (Å²) in [5.41, 5.74) is 5.11. The van der Waals surface area contributed by atoms with Crippen molar-refractivity contribution in [2.75, 3.05) is 13.1 Å². The Bertz CT molecular complexity index is 1210. The molecule has 1 N–H and O–H groups in total. The van der Waals surface area contributed by atoms with Crippen molar-refractivity contribution in [3.63, 3.8) is 0 Å². The number of benzene rings is 1. The van der Waals surface area contributed by atoms with Crippen LogP contribution in [-0.4, -0.2) is 28.0 Å². The fraction of sp³-hybridized carbons (Fsp3) is 0.261.